The van der Waals surface area contributed by atoms with E-state index < -0.39 is 0 Å². The smallest absolute Gasteiger partial charge is 0.214 e. The molecule has 0 saturated carbocycles. The molecule has 0 amide bonds. The minimum absolute atomic E-state index is 0.195. The van der Waals surface area contributed by atoms with E-state index in [1.54, 1.807) is 0 Å². The van der Waals surface area contributed by atoms with Crippen LogP contribution in [0.25, 0.3) is 0 Å². The van der Waals surface area contributed by atoms with Crippen LogP contribution in [0.3, 0.4) is 0 Å². The lowest BCUT2D eigenvalue weighted by molar-refractivity contribution is 0.0780. The highest BCUT2D eigenvalue weighted by molar-refractivity contribution is 5.12. The zero-order valence-corrected chi connectivity index (χ0v) is 17.1. The average Bonchev–Trinajstić information content (AvgIpc) is 3.01. The van der Waals surface area contributed by atoms with Gasteiger partial charge in [-0.05, 0) is 52.5 Å². The van der Waals surface area contributed by atoms with E-state index >= 15 is 0 Å². The summed E-state index contributed by atoms with van der Waals surface area (Å²) in [7, 11) is 0. The van der Waals surface area contributed by atoms with Crippen molar-refractivity contribution in [3.05, 3.63) is 12.0 Å². The topological polar surface area (TPSA) is 48.3 Å². The first-order valence-electron chi connectivity index (χ1n) is 10.7. The summed E-state index contributed by atoms with van der Waals surface area (Å²) in [6, 6.07) is 0.673. The van der Waals surface area contributed by atoms with Gasteiger partial charge in [-0.25, -0.2) is 4.98 Å². The van der Waals surface area contributed by atoms with Gasteiger partial charge in [-0.2, -0.15) is 0 Å². The maximum atomic E-state index is 5.95. The number of unbranched alkanes of at least 4 members (excludes halogenated alkanes) is 4. The fourth-order valence-electron chi connectivity index (χ4n) is 3.46. The molecular formula is C21H39N3O2. The molecule has 1 fully saturated rings. The van der Waals surface area contributed by atoms with E-state index in [1.165, 1.54) is 57.2 Å². The Kier molecular flexibility index (Phi) is 10.1. The lowest BCUT2D eigenvalue weighted by Crippen LogP contribution is -2.35. The van der Waals surface area contributed by atoms with E-state index in [9.17, 15) is 0 Å². The van der Waals surface area contributed by atoms with E-state index in [0.717, 1.165) is 38.6 Å². The molecule has 1 aliphatic heterocycles. The second kappa shape index (κ2) is 12.3. The van der Waals surface area contributed by atoms with Crippen LogP contribution in [0.4, 0.5) is 0 Å². The van der Waals surface area contributed by atoms with Crippen molar-refractivity contribution in [2.45, 2.75) is 97.2 Å². The van der Waals surface area contributed by atoms with Gasteiger partial charge < -0.3 is 14.8 Å². The van der Waals surface area contributed by atoms with Crippen LogP contribution in [0.1, 0.15) is 78.0 Å². The number of ether oxygens (including phenoxy) is 2. The van der Waals surface area contributed by atoms with Gasteiger partial charge in [0.15, 0.2) is 0 Å². The van der Waals surface area contributed by atoms with E-state index in [2.05, 4.69) is 35.6 Å². The number of nitrogens with zero attached hydrogens (tertiary/aromatic N) is 2. The first-order valence-corrected chi connectivity index (χ1v) is 10.7. The Morgan fingerprint density at radius 3 is 2.69 bits per heavy atom. The highest BCUT2D eigenvalue weighted by atomic mass is 16.5. The third-order valence-electron chi connectivity index (χ3n) is 4.97. The van der Waals surface area contributed by atoms with Crippen molar-refractivity contribution in [1.82, 2.24) is 14.9 Å². The Bertz CT molecular complexity index is 482. The summed E-state index contributed by atoms with van der Waals surface area (Å²) in [6.45, 7) is 10.4. The number of aryl methyl sites for hydroxylation is 1. The fraction of sp³-hybridized carbons (Fsp3) is 0.857. The van der Waals surface area contributed by atoms with Crippen LogP contribution in [-0.4, -0.2) is 41.5 Å². The molecule has 0 aromatic carbocycles. The molecule has 0 unspecified atom stereocenters. The maximum Gasteiger partial charge on any atom is 0.214 e. The second-order valence-corrected chi connectivity index (χ2v) is 7.69. The van der Waals surface area contributed by atoms with Gasteiger partial charge in [-0.15, -0.1) is 0 Å². The predicted octanol–water partition coefficient (Wildman–Crippen LogP) is 4.34. The Hall–Kier alpha value is -1.07. The van der Waals surface area contributed by atoms with Crippen molar-refractivity contribution in [1.29, 1.82) is 0 Å². The number of rotatable bonds is 13. The molecule has 5 heteroatoms. The third-order valence-corrected chi connectivity index (χ3v) is 4.97. The SMILES string of the molecule is CCCCc1ncc(OC(C)C)n1CCCCCCNC1CCOCC1. The monoisotopic (exact) mass is 365 g/mol. The van der Waals surface area contributed by atoms with Gasteiger partial charge in [0, 0.05) is 32.2 Å². The Morgan fingerprint density at radius 1 is 1.19 bits per heavy atom. The van der Waals surface area contributed by atoms with E-state index in [-0.39, 0.29) is 6.10 Å². The summed E-state index contributed by atoms with van der Waals surface area (Å²) in [6.07, 6.45) is 12.9. The van der Waals surface area contributed by atoms with Crippen molar-refractivity contribution in [3.8, 4) is 5.88 Å². The molecule has 26 heavy (non-hydrogen) atoms. The molecule has 0 aliphatic carbocycles. The number of hydrogen-bond donors (Lipinski definition) is 1. The Labute approximate surface area is 159 Å². The highest BCUT2D eigenvalue weighted by Gasteiger charge is 2.13. The molecule has 5 nitrogen and oxygen atoms in total. The molecule has 0 spiro atoms. The molecule has 1 N–H and O–H groups in total. The summed E-state index contributed by atoms with van der Waals surface area (Å²) in [5, 5.41) is 3.67. The number of imidazole rings is 1. The zero-order valence-electron chi connectivity index (χ0n) is 17.1. The molecule has 1 saturated heterocycles. The van der Waals surface area contributed by atoms with Gasteiger partial charge in [0.2, 0.25) is 5.88 Å². The second-order valence-electron chi connectivity index (χ2n) is 7.69. The quantitative estimate of drug-likeness (QED) is 0.528. The van der Waals surface area contributed by atoms with Crippen LogP contribution in [0.2, 0.25) is 0 Å². The van der Waals surface area contributed by atoms with Gasteiger partial charge in [0.25, 0.3) is 0 Å². The first kappa shape index (κ1) is 21.2. The minimum Gasteiger partial charge on any atom is -0.475 e. The van der Waals surface area contributed by atoms with Crippen molar-refractivity contribution in [3.63, 3.8) is 0 Å². The van der Waals surface area contributed by atoms with Crippen molar-refractivity contribution in [2.75, 3.05) is 19.8 Å². The first-order chi connectivity index (χ1) is 12.7. The molecule has 0 radical (unpaired) electrons. The summed E-state index contributed by atoms with van der Waals surface area (Å²) in [4.78, 5) is 4.60. The molecule has 0 atom stereocenters. The molecule has 0 bridgehead atoms. The number of aromatic nitrogens is 2. The third kappa shape index (κ3) is 7.67. The summed E-state index contributed by atoms with van der Waals surface area (Å²) in [5.74, 6) is 2.12. The van der Waals surface area contributed by atoms with E-state index in [1.807, 2.05) is 6.20 Å². The Balaban J connectivity index is 1.66. The molecule has 1 aromatic rings. The molecule has 2 rings (SSSR count). The highest BCUT2D eigenvalue weighted by Crippen LogP contribution is 2.19. The Morgan fingerprint density at radius 2 is 1.96 bits per heavy atom. The average molecular weight is 366 g/mol. The molecule has 150 valence electrons. The molecular weight excluding hydrogens is 326 g/mol. The van der Waals surface area contributed by atoms with Crippen molar-refractivity contribution in [2.24, 2.45) is 0 Å². The lowest BCUT2D eigenvalue weighted by Gasteiger charge is -2.23. The van der Waals surface area contributed by atoms with Crippen LogP contribution in [0.5, 0.6) is 5.88 Å². The number of nitrogens with one attached hydrogen (secondary N) is 1. The summed E-state index contributed by atoms with van der Waals surface area (Å²) >= 11 is 0. The van der Waals surface area contributed by atoms with E-state index in [4.69, 9.17) is 9.47 Å². The van der Waals surface area contributed by atoms with Crippen molar-refractivity contribution < 1.29 is 9.47 Å². The van der Waals surface area contributed by atoms with Crippen LogP contribution in [0, 0.1) is 0 Å². The molecule has 1 aromatic heterocycles. The van der Waals surface area contributed by atoms with Gasteiger partial charge in [-0.1, -0.05) is 26.2 Å². The normalized spacial score (nSPS) is 15.7. The van der Waals surface area contributed by atoms with Crippen LogP contribution >= 0.6 is 0 Å². The molecule has 1 aliphatic rings. The lowest BCUT2D eigenvalue weighted by atomic mass is 10.1. The predicted molar refractivity (Wildman–Crippen MR) is 107 cm³/mol. The largest absolute Gasteiger partial charge is 0.475 e. The van der Waals surface area contributed by atoms with Gasteiger partial charge in [0.1, 0.15) is 5.82 Å². The van der Waals surface area contributed by atoms with Crippen LogP contribution in [0.15, 0.2) is 6.20 Å². The van der Waals surface area contributed by atoms with Crippen LogP contribution < -0.4 is 10.1 Å². The van der Waals surface area contributed by atoms with Crippen molar-refractivity contribution >= 4 is 0 Å². The van der Waals surface area contributed by atoms with Gasteiger partial charge >= 0.3 is 0 Å². The summed E-state index contributed by atoms with van der Waals surface area (Å²) < 4.78 is 13.7. The minimum atomic E-state index is 0.195. The van der Waals surface area contributed by atoms with E-state index in [0.29, 0.717) is 6.04 Å². The number of hydrogen-bond acceptors (Lipinski definition) is 4. The van der Waals surface area contributed by atoms with Crippen LogP contribution in [-0.2, 0) is 17.7 Å². The van der Waals surface area contributed by atoms with Gasteiger partial charge in [-0.3, -0.25) is 4.57 Å². The maximum absolute atomic E-state index is 5.95. The fourth-order valence-corrected chi connectivity index (χ4v) is 3.46. The van der Waals surface area contributed by atoms with Gasteiger partial charge in [0.05, 0.1) is 12.3 Å². The standard InChI is InChI=1S/C21H39N3O2/c1-4-5-10-20-23-17-21(26-18(2)3)24(20)14-9-7-6-8-13-22-19-11-15-25-16-12-19/h17-19,22H,4-16H2,1-3H3. The zero-order chi connectivity index (χ0) is 18.6. The summed E-state index contributed by atoms with van der Waals surface area (Å²) in [5.41, 5.74) is 0. The molecule has 2 heterocycles.